The molecule has 0 fully saturated rings. The van der Waals surface area contributed by atoms with E-state index in [4.69, 9.17) is 10.3 Å². The zero-order chi connectivity index (χ0) is 14.1. The standard InChI is InChI=1S/C17H16N2O/c1-11-8-9-14(12(2)10-11)16-15(17(18)19-20-16)13-6-4-3-5-7-13/h3-10H,1-2H3,(H2,18,19). The molecule has 0 saturated carbocycles. The molecule has 3 rings (SSSR count). The summed E-state index contributed by atoms with van der Waals surface area (Å²) in [7, 11) is 0. The van der Waals surface area contributed by atoms with Crippen LogP contribution in [0.2, 0.25) is 0 Å². The molecule has 0 aliphatic rings. The maximum atomic E-state index is 5.99. The molecule has 1 aromatic heterocycles. The van der Waals surface area contributed by atoms with Crippen molar-refractivity contribution in [2.24, 2.45) is 0 Å². The SMILES string of the molecule is Cc1ccc(-c2onc(N)c2-c2ccccc2)c(C)c1. The quantitative estimate of drug-likeness (QED) is 0.754. The highest BCUT2D eigenvalue weighted by molar-refractivity contribution is 5.87. The monoisotopic (exact) mass is 264 g/mol. The Hall–Kier alpha value is -2.55. The van der Waals surface area contributed by atoms with Gasteiger partial charge in [0.2, 0.25) is 0 Å². The van der Waals surface area contributed by atoms with Gasteiger partial charge in [0, 0.05) is 5.56 Å². The summed E-state index contributed by atoms with van der Waals surface area (Å²) in [6.07, 6.45) is 0. The van der Waals surface area contributed by atoms with E-state index in [0.717, 1.165) is 28.0 Å². The summed E-state index contributed by atoms with van der Waals surface area (Å²) in [5.41, 5.74) is 11.3. The van der Waals surface area contributed by atoms with Gasteiger partial charge >= 0.3 is 0 Å². The molecule has 0 aliphatic heterocycles. The lowest BCUT2D eigenvalue weighted by molar-refractivity contribution is 0.436. The minimum Gasteiger partial charge on any atom is -0.380 e. The number of hydrogen-bond acceptors (Lipinski definition) is 3. The van der Waals surface area contributed by atoms with Crippen LogP contribution in [0.4, 0.5) is 5.82 Å². The van der Waals surface area contributed by atoms with Gasteiger partial charge in [-0.05, 0) is 25.0 Å². The highest BCUT2D eigenvalue weighted by Gasteiger charge is 2.18. The zero-order valence-electron chi connectivity index (χ0n) is 11.6. The first-order valence-electron chi connectivity index (χ1n) is 6.55. The normalized spacial score (nSPS) is 10.7. The number of aryl methyl sites for hydroxylation is 2. The highest BCUT2D eigenvalue weighted by Crippen LogP contribution is 2.37. The third kappa shape index (κ3) is 2.07. The molecule has 0 bridgehead atoms. The van der Waals surface area contributed by atoms with Crippen molar-refractivity contribution in [1.82, 2.24) is 5.16 Å². The lowest BCUT2D eigenvalue weighted by Gasteiger charge is -2.06. The number of nitrogen functional groups attached to an aromatic ring is 1. The Bertz CT molecular complexity index is 745. The summed E-state index contributed by atoms with van der Waals surface area (Å²) < 4.78 is 5.48. The fraction of sp³-hybridized carbons (Fsp3) is 0.118. The van der Waals surface area contributed by atoms with Crippen LogP contribution in [-0.4, -0.2) is 5.16 Å². The van der Waals surface area contributed by atoms with Gasteiger partial charge in [0.15, 0.2) is 11.6 Å². The average Bonchev–Trinajstić information content (AvgIpc) is 2.81. The molecule has 2 aromatic carbocycles. The molecule has 0 spiro atoms. The number of nitrogens with zero attached hydrogens (tertiary/aromatic N) is 1. The van der Waals surface area contributed by atoms with Crippen molar-refractivity contribution in [3.63, 3.8) is 0 Å². The van der Waals surface area contributed by atoms with E-state index in [-0.39, 0.29) is 0 Å². The first-order valence-corrected chi connectivity index (χ1v) is 6.55. The van der Waals surface area contributed by atoms with Crippen molar-refractivity contribution in [3.8, 4) is 22.5 Å². The molecular formula is C17H16N2O. The molecule has 0 amide bonds. The second-order valence-electron chi connectivity index (χ2n) is 4.96. The molecule has 0 aliphatic carbocycles. The molecule has 0 unspecified atom stereocenters. The maximum Gasteiger partial charge on any atom is 0.177 e. The smallest absolute Gasteiger partial charge is 0.177 e. The van der Waals surface area contributed by atoms with Crippen molar-refractivity contribution in [1.29, 1.82) is 0 Å². The second-order valence-corrected chi connectivity index (χ2v) is 4.96. The fourth-order valence-electron chi connectivity index (χ4n) is 2.44. The Kier molecular flexibility index (Phi) is 3.03. The number of rotatable bonds is 2. The number of benzene rings is 2. The third-order valence-corrected chi connectivity index (χ3v) is 3.41. The number of nitrogens with two attached hydrogens (primary N) is 1. The second kappa shape index (κ2) is 4.85. The molecule has 1 heterocycles. The van der Waals surface area contributed by atoms with Crippen molar-refractivity contribution >= 4 is 5.82 Å². The maximum absolute atomic E-state index is 5.99. The van der Waals surface area contributed by atoms with E-state index < -0.39 is 0 Å². The summed E-state index contributed by atoms with van der Waals surface area (Å²) in [6.45, 7) is 4.14. The average molecular weight is 264 g/mol. The Morgan fingerprint density at radius 1 is 1.00 bits per heavy atom. The molecule has 0 atom stereocenters. The van der Waals surface area contributed by atoms with Gasteiger partial charge in [-0.2, -0.15) is 0 Å². The molecule has 0 radical (unpaired) electrons. The summed E-state index contributed by atoms with van der Waals surface area (Å²) in [5, 5.41) is 3.94. The van der Waals surface area contributed by atoms with Gasteiger partial charge in [0.1, 0.15) is 0 Å². The number of anilines is 1. The van der Waals surface area contributed by atoms with Crippen LogP contribution in [0.15, 0.2) is 53.1 Å². The van der Waals surface area contributed by atoms with Gasteiger partial charge in [-0.15, -0.1) is 0 Å². The third-order valence-electron chi connectivity index (χ3n) is 3.41. The van der Waals surface area contributed by atoms with E-state index in [1.165, 1.54) is 5.56 Å². The lowest BCUT2D eigenvalue weighted by atomic mass is 9.97. The zero-order valence-corrected chi connectivity index (χ0v) is 11.6. The molecule has 2 N–H and O–H groups in total. The van der Waals surface area contributed by atoms with E-state index in [9.17, 15) is 0 Å². The Morgan fingerprint density at radius 3 is 2.45 bits per heavy atom. The van der Waals surface area contributed by atoms with Gasteiger partial charge in [-0.25, -0.2) is 0 Å². The first-order chi connectivity index (χ1) is 9.66. The van der Waals surface area contributed by atoms with Gasteiger partial charge in [-0.3, -0.25) is 0 Å². The predicted molar refractivity (Wildman–Crippen MR) is 81.3 cm³/mol. The van der Waals surface area contributed by atoms with Crippen LogP contribution >= 0.6 is 0 Å². The molecular weight excluding hydrogens is 248 g/mol. The van der Waals surface area contributed by atoms with Crippen molar-refractivity contribution in [2.45, 2.75) is 13.8 Å². The Balaban J connectivity index is 2.21. The summed E-state index contributed by atoms with van der Waals surface area (Å²) >= 11 is 0. The Morgan fingerprint density at radius 2 is 1.75 bits per heavy atom. The van der Waals surface area contributed by atoms with Gasteiger partial charge in [-0.1, -0.05) is 59.3 Å². The van der Waals surface area contributed by atoms with Crippen LogP contribution in [0, 0.1) is 13.8 Å². The molecule has 100 valence electrons. The molecule has 3 aromatic rings. The largest absolute Gasteiger partial charge is 0.380 e. The topological polar surface area (TPSA) is 52.0 Å². The van der Waals surface area contributed by atoms with Gasteiger partial charge in [0.05, 0.1) is 5.56 Å². The van der Waals surface area contributed by atoms with Crippen LogP contribution in [0.25, 0.3) is 22.5 Å². The minimum absolute atomic E-state index is 0.422. The lowest BCUT2D eigenvalue weighted by Crippen LogP contribution is -1.90. The summed E-state index contributed by atoms with van der Waals surface area (Å²) in [5.74, 6) is 1.15. The van der Waals surface area contributed by atoms with Crippen LogP contribution in [0.1, 0.15) is 11.1 Å². The van der Waals surface area contributed by atoms with Crippen molar-refractivity contribution in [2.75, 3.05) is 5.73 Å². The molecule has 3 heteroatoms. The van der Waals surface area contributed by atoms with Crippen molar-refractivity contribution < 1.29 is 4.52 Å². The van der Waals surface area contributed by atoms with E-state index in [1.807, 2.05) is 30.3 Å². The van der Waals surface area contributed by atoms with Crippen LogP contribution in [0.5, 0.6) is 0 Å². The molecule has 20 heavy (non-hydrogen) atoms. The van der Waals surface area contributed by atoms with Gasteiger partial charge < -0.3 is 10.3 Å². The van der Waals surface area contributed by atoms with Crippen LogP contribution < -0.4 is 5.73 Å². The van der Waals surface area contributed by atoms with E-state index >= 15 is 0 Å². The molecule has 3 nitrogen and oxygen atoms in total. The van der Waals surface area contributed by atoms with E-state index in [2.05, 4.69) is 37.2 Å². The van der Waals surface area contributed by atoms with Crippen molar-refractivity contribution in [3.05, 3.63) is 59.7 Å². The first kappa shape index (κ1) is 12.5. The number of hydrogen-bond donors (Lipinski definition) is 1. The summed E-state index contributed by atoms with van der Waals surface area (Å²) in [4.78, 5) is 0. The Labute approximate surface area is 118 Å². The number of aromatic nitrogens is 1. The summed E-state index contributed by atoms with van der Waals surface area (Å²) in [6, 6.07) is 16.2. The van der Waals surface area contributed by atoms with E-state index in [1.54, 1.807) is 0 Å². The predicted octanol–water partition coefficient (Wildman–Crippen LogP) is 4.21. The van der Waals surface area contributed by atoms with Crippen LogP contribution in [0.3, 0.4) is 0 Å². The van der Waals surface area contributed by atoms with E-state index in [0.29, 0.717) is 5.82 Å². The van der Waals surface area contributed by atoms with Crippen LogP contribution in [-0.2, 0) is 0 Å². The molecule has 0 saturated heterocycles. The highest BCUT2D eigenvalue weighted by atomic mass is 16.5. The minimum atomic E-state index is 0.422. The van der Waals surface area contributed by atoms with Gasteiger partial charge in [0.25, 0.3) is 0 Å². The fourth-order valence-corrected chi connectivity index (χ4v) is 2.44.